The summed E-state index contributed by atoms with van der Waals surface area (Å²) in [6.45, 7) is 8.38. The van der Waals surface area contributed by atoms with Crippen LogP contribution in [-0.2, 0) is 11.5 Å². The molecule has 7 heteroatoms. The molecule has 0 bridgehead atoms. The first kappa shape index (κ1) is 19.2. The fraction of sp³-hybridized carbons (Fsp3) is 0.684. The number of hydrogen-bond donors (Lipinski definition) is 1. The predicted octanol–water partition coefficient (Wildman–Crippen LogP) is 5.40. The van der Waals surface area contributed by atoms with Gasteiger partial charge < -0.3 is 9.30 Å². The molecule has 1 unspecified atom stereocenters. The molecule has 0 aliphatic heterocycles. The Morgan fingerprint density at radius 2 is 2.04 bits per heavy atom. The van der Waals surface area contributed by atoms with Crippen molar-refractivity contribution in [3.63, 3.8) is 0 Å². The molecule has 6 nitrogen and oxygen atoms in total. The second-order valence-corrected chi connectivity index (χ2v) is 14.2. The summed E-state index contributed by atoms with van der Waals surface area (Å²) in [5.41, 5.74) is 9.53. The average molecular weight is 374 g/mol. The Labute approximate surface area is 156 Å². The molecule has 0 spiro atoms. The number of fused-ring (bicyclic) bond motifs is 1. The number of hydrogen-bond acceptors (Lipinski definition) is 5. The van der Waals surface area contributed by atoms with Crippen molar-refractivity contribution in [3.05, 3.63) is 24.3 Å². The fourth-order valence-corrected chi connectivity index (χ4v) is 4.50. The van der Waals surface area contributed by atoms with Gasteiger partial charge >= 0.3 is 0 Å². The number of nitrogens with one attached hydrogen (secondary N) is 1. The van der Waals surface area contributed by atoms with Gasteiger partial charge in [0.2, 0.25) is 0 Å². The SMILES string of the molecule is C[Si](C)(C)CCOCn1ccc2c(C(N=N)C3CCCCC3)ncnc21. The van der Waals surface area contributed by atoms with Crippen LogP contribution in [0.25, 0.3) is 11.0 Å². The van der Waals surface area contributed by atoms with Crippen molar-refractivity contribution in [2.45, 2.75) is 70.6 Å². The molecule has 1 fully saturated rings. The summed E-state index contributed by atoms with van der Waals surface area (Å²) >= 11 is 0. The van der Waals surface area contributed by atoms with E-state index in [2.05, 4.69) is 34.7 Å². The number of aromatic nitrogens is 3. The highest BCUT2D eigenvalue weighted by Crippen LogP contribution is 2.38. The van der Waals surface area contributed by atoms with E-state index in [1.807, 2.05) is 16.8 Å². The normalized spacial score (nSPS) is 17.5. The van der Waals surface area contributed by atoms with E-state index in [0.717, 1.165) is 42.2 Å². The topological polar surface area (TPSA) is 76.2 Å². The molecule has 26 heavy (non-hydrogen) atoms. The minimum atomic E-state index is -1.07. The summed E-state index contributed by atoms with van der Waals surface area (Å²) in [5, 5.41) is 4.97. The van der Waals surface area contributed by atoms with E-state index in [-0.39, 0.29) is 6.04 Å². The third-order valence-corrected chi connectivity index (χ3v) is 7.03. The van der Waals surface area contributed by atoms with Gasteiger partial charge in [0.15, 0.2) is 0 Å². The number of nitrogens with zero attached hydrogens (tertiary/aromatic N) is 4. The maximum Gasteiger partial charge on any atom is 0.145 e. The van der Waals surface area contributed by atoms with E-state index in [9.17, 15) is 0 Å². The van der Waals surface area contributed by atoms with Gasteiger partial charge in [0.1, 0.15) is 24.7 Å². The number of rotatable bonds is 8. The van der Waals surface area contributed by atoms with Gasteiger partial charge in [0.05, 0.1) is 5.69 Å². The molecule has 0 aromatic carbocycles. The van der Waals surface area contributed by atoms with E-state index in [1.54, 1.807) is 6.33 Å². The van der Waals surface area contributed by atoms with Crippen LogP contribution in [-0.4, -0.2) is 29.2 Å². The van der Waals surface area contributed by atoms with E-state index < -0.39 is 8.07 Å². The zero-order valence-corrected chi connectivity index (χ0v) is 17.2. The Balaban J connectivity index is 1.76. The molecular weight excluding hydrogens is 342 g/mol. The van der Waals surface area contributed by atoms with E-state index in [1.165, 1.54) is 19.3 Å². The summed E-state index contributed by atoms with van der Waals surface area (Å²) in [4.78, 5) is 8.99. The van der Waals surface area contributed by atoms with Crippen LogP contribution >= 0.6 is 0 Å². The molecule has 1 saturated carbocycles. The van der Waals surface area contributed by atoms with E-state index in [0.29, 0.717) is 12.6 Å². The molecule has 1 aliphatic rings. The Morgan fingerprint density at radius 1 is 1.27 bits per heavy atom. The van der Waals surface area contributed by atoms with Crippen molar-refractivity contribution >= 4 is 19.1 Å². The van der Waals surface area contributed by atoms with Crippen molar-refractivity contribution in [2.24, 2.45) is 11.0 Å². The van der Waals surface area contributed by atoms with Crippen molar-refractivity contribution in [2.75, 3.05) is 6.61 Å². The third kappa shape index (κ3) is 4.56. The highest BCUT2D eigenvalue weighted by atomic mass is 28.3. The molecule has 0 radical (unpaired) electrons. The van der Waals surface area contributed by atoms with Gasteiger partial charge in [-0.05, 0) is 30.9 Å². The van der Waals surface area contributed by atoms with E-state index >= 15 is 0 Å². The van der Waals surface area contributed by atoms with Crippen LogP contribution in [0.3, 0.4) is 0 Å². The van der Waals surface area contributed by atoms with Crippen LogP contribution in [0.15, 0.2) is 23.7 Å². The van der Waals surface area contributed by atoms with Gasteiger partial charge in [0, 0.05) is 26.3 Å². The fourth-order valence-electron chi connectivity index (χ4n) is 3.74. The first-order chi connectivity index (χ1) is 12.5. The monoisotopic (exact) mass is 373 g/mol. The lowest BCUT2D eigenvalue weighted by Gasteiger charge is -2.26. The molecule has 1 N–H and O–H groups in total. The molecule has 0 amide bonds. The molecule has 1 atom stereocenters. The summed E-state index contributed by atoms with van der Waals surface area (Å²) < 4.78 is 7.92. The molecule has 3 rings (SSSR count). The predicted molar refractivity (Wildman–Crippen MR) is 106 cm³/mol. The largest absolute Gasteiger partial charge is 0.361 e. The van der Waals surface area contributed by atoms with Crippen LogP contribution < -0.4 is 0 Å². The zero-order valence-electron chi connectivity index (χ0n) is 16.2. The van der Waals surface area contributed by atoms with E-state index in [4.69, 9.17) is 10.3 Å². The third-order valence-electron chi connectivity index (χ3n) is 5.33. The van der Waals surface area contributed by atoms with Crippen molar-refractivity contribution in [1.82, 2.24) is 14.5 Å². The molecule has 142 valence electrons. The molecule has 1 aliphatic carbocycles. The first-order valence-electron chi connectivity index (χ1n) is 9.73. The zero-order chi connectivity index (χ0) is 18.6. The van der Waals surface area contributed by atoms with Crippen molar-refractivity contribution in [1.29, 1.82) is 5.53 Å². The van der Waals surface area contributed by atoms with Gasteiger partial charge in [-0.1, -0.05) is 38.9 Å². The lowest BCUT2D eigenvalue weighted by Crippen LogP contribution is -2.22. The Kier molecular flexibility index (Phi) is 6.19. The first-order valence-corrected chi connectivity index (χ1v) is 13.4. The maximum atomic E-state index is 7.75. The second-order valence-electron chi connectivity index (χ2n) is 8.60. The minimum absolute atomic E-state index is 0.149. The molecule has 2 aromatic rings. The summed E-state index contributed by atoms with van der Waals surface area (Å²) in [6.07, 6.45) is 9.66. The molecule has 0 saturated heterocycles. The van der Waals surface area contributed by atoms with Gasteiger partial charge in [-0.25, -0.2) is 15.5 Å². The van der Waals surface area contributed by atoms with Gasteiger partial charge in [-0.15, -0.1) is 0 Å². The molecular formula is C19H31N5OSi. The highest BCUT2D eigenvalue weighted by molar-refractivity contribution is 6.76. The van der Waals surface area contributed by atoms with Crippen molar-refractivity contribution < 1.29 is 4.74 Å². The van der Waals surface area contributed by atoms with Crippen LogP contribution in [0.4, 0.5) is 0 Å². The number of ether oxygens (including phenoxy) is 1. The standard InChI is InChI=1S/C19H31N5OSi/c1-26(2,3)12-11-25-14-24-10-9-16-18(21-13-22-19(16)24)17(23-20)15-7-5-4-6-8-15/h9-10,13,15,17,20H,4-8,11-12,14H2,1-3H3. The quantitative estimate of drug-likeness (QED) is 0.382. The molecule has 2 heterocycles. The van der Waals surface area contributed by atoms with Crippen LogP contribution in [0.1, 0.15) is 43.8 Å². The summed E-state index contributed by atoms with van der Waals surface area (Å²) in [7, 11) is -1.07. The smallest absolute Gasteiger partial charge is 0.145 e. The Hall–Kier alpha value is -1.60. The highest BCUT2D eigenvalue weighted by Gasteiger charge is 2.28. The maximum absolute atomic E-state index is 7.75. The second kappa shape index (κ2) is 8.39. The summed E-state index contributed by atoms with van der Waals surface area (Å²) in [6, 6.07) is 3.06. The lowest BCUT2D eigenvalue weighted by atomic mass is 9.82. The van der Waals surface area contributed by atoms with Crippen molar-refractivity contribution in [3.8, 4) is 0 Å². The van der Waals surface area contributed by atoms with Gasteiger partial charge in [0.25, 0.3) is 0 Å². The van der Waals surface area contributed by atoms with Crippen LogP contribution in [0.5, 0.6) is 0 Å². The Bertz CT molecular complexity index is 733. The average Bonchev–Trinajstić information content (AvgIpc) is 3.03. The van der Waals surface area contributed by atoms with Gasteiger partial charge in [-0.3, -0.25) is 0 Å². The van der Waals surface area contributed by atoms with Crippen LogP contribution in [0.2, 0.25) is 25.7 Å². The Morgan fingerprint density at radius 3 is 2.73 bits per heavy atom. The van der Waals surface area contributed by atoms with Gasteiger partial charge in [-0.2, -0.15) is 5.11 Å². The molecule has 2 aromatic heterocycles. The lowest BCUT2D eigenvalue weighted by molar-refractivity contribution is 0.0899. The minimum Gasteiger partial charge on any atom is -0.361 e. The summed E-state index contributed by atoms with van der Waals surface area (Å²) in [5.74, 6) is 0.427. The van der Waals surface area contributed by atoms with Crippen LogP contribution in [0, 0.1) is 11.4 Å².